The normalized spacial score (nSPS) is 14.3. The summed E-state index contributed by atoms with van der Waals surface area (Å²) in [6, 6.07) is 7.88. The molecule has 0 aromatic heterocycles. The Morgan fingerprint density at radius 1 is 1.44 bits per heavy atom. The third-order valence-corrected chi connectivity index (χ3v) is 3.18. The van der Waals surface area contributed by atoms with Crippen molar-refractivity contribution in [1.29, 1.82) is 0 Å². The predicted molar refractivity (Wildman–Crippen MR) is 68.5 cm³/mol. The number of aliphatic hydroxyl groups is 1. The standard InChI is InChI=1S/C14H19NO3/c1-18-13-5-3-2-4-11(13)10-14(17)15(8-9-16)12-6-7-12/h2-5,12,16H,6-10H2,1H3. The molecule has 0 spiro atoms. The SMILES string of the molecule is COc1ccccc1CC(=O)N(CCO)C1CC1. The quantitative estimate of drug-likeness (QED) is 0.824. The molecule has 1 aromatic carbocycles. The lowest BCUT2D eigenvalue weighted by Gasteiger charge is -2.21. The molecule has 0 unspecified atom stereocenters. The second-order valence-corrected chi connectivity index (χ2v) is 4.53. The van der Waals surface area contributed by atoms with Gasteiger partial charge in [-0.3, -0.25) is 4.79 Å². The van der Waals surface area contributed by atoms with Crippen LogP contribution in [0.2, 0.25) is 0 Å². The summed E-state index contributed by atoms with van der Waals surface area (Å²) in [6.07, 6.45) is 2.44. The second kappa shape index (κ2) is 5.87. The highest BCUT2D eigenvalue weighted by Gasteiger charge is 2.32. The number of benzene rings is 1. The summed E-state index contributed by atoms with van der Waals surface area (Å²) < 4.78 is 5.24. The minimum absolute atomic E-state index is 0.0220. The number of para-hydroxylation sites is 1. The first-order valence-corrected chi connectivity index (χ1v) is 6.28. The zero-order chi connectivity index (χ0) is 13.0. The van der Waals surface area contributed by atoms with Crippen molar-refractivity contribution in [3.63, 3.8) is 0 Å². The number of hydrogen-bond donors (Lipinski definition) is 1. The van der Waals surface area contributed by atoms with Crippen LogP contribution in [-0.2, 0) is 11.2 Å². The Morgan fingerprint density at radius 3 is 2.78 bits per heavy atom. The molecule has 1 fully saturated rings. The lowest BCUT2D eigenvalue weighted by Crippen LogP contribution is -2.36. The second-order valence-electron chi connectivity index (χ2n) is 4.53. The Bertz CT molecular complexity index is 415. The summed E-state index contributed by atoms with van der Waals surface area (Å²) in [4.78, 5) is 14.0. The highest BCUT2D eigenvalue weighted by molar-refractivity contribution is 5.80. The lowest BCUT2D eigenvalue weighted by molar-refractivity contribution is -0.131. The van der Waals surface area contributed by atoms with E-state index in [1.807, 2.05) is 24.3 Å². The van der Waals surface area contributed by atoms with Gasteiger partial charge in [0.1, 0.15) is 5.75 Å². The zero-order valence-electron chi connectivity index (χ0n) is 10.6. The molecule has 1 aromatic rings. The van der Waals surface area contributed by atoms with Crippen molar-refractivity contribution in [2.75, 3.05) is 20.3 Å². The van der Waals surface area contributed by atoms with E-state index in [9.17, 15) is 4.79 Å². The third-order valence-electron chi connectivity index (χ3n) is 3.18. The summed E-state index contributed by atoms with van der Waals surface area (Å²) in [7, 11) is 1.61. The maximum absolute atomic E-state index is 12.2. The number of ether oxygens (including phenoxy) is 1. The smallest absolute Gasteiger partial charge is 0.227 e. The first-order valence-electron chi connectivity index (χ1n) is 6.28. The number of nitrogens with zero attached hydrogens (tertiary/aromatic N) is 1. The molecule has 1 aliphatic carbocycles. The van der Waals surface area contributed by atoms with Crippen LogP contribution in [-0.4, -0.2) is 42.2 Å². The van der Waals surface area contributed by atoms with Gasteiger partial charge in [0, 0.05) is 18.2 Å². The van der Waals surface area contributed by atoms with Crippen molar-refractivity contribution in [3.8, 4) is 5.75 Å². The van der Waals surface area contributed by atoms with E-state index < -0.39 is 0 Å². The van der Waals surface area contributed by atoms with Gasteiger partial charge in [-0.2, -0.15) is 0 Å². The van der Waals surface area contributed by atoms with Crippen molar-refractivity contribution in [2.24, 2.45) is 0 Å². The fourth-order valence-corrected chi connectivity index (χ4v) is 2.12. The van der Waals surface area contributed by atoms with Gasteiger partial charge in [-0.25, -0.2) is 0 Å². The lowest BCUT2D eigenvalue weighted by atomic mass is 10.1. The molecule has 0 heterocycles. The van der Waals surface area contributed by atoms with E-state index in [0.717, 1.165) is 24.2 Å². The highest BCUT2D eigenvalue weighted by atomic mass is 16.5. The molecule has 1 saturated carbocycles. The van der Waals surface area contributed by atoms with Crippen molar-refractivity contribution < 1.29 is 14.6 Å². The molecule has 18 heavy (non-hydrogen) atoms. The van der Waals surface area contributed by atoms with Crippen LogP contribution in [0.3, 0.4) is 0 Å². The minimum atomic E-state index is 0.0220. The number of aliphatic hydroxyl groups excluding tert-OH is 1. The Labute approximate surface area is 107 Å². The van der Waals surface area contributed by atoms with Gasteiger partial charge >= 0.3 is 0 Å². The van der Waals surface area contributed by atoms with Gasteiger partial charge in [0.2, 0.25) is 5.91 Å². The van der Waals surface area contributed by atoms with E-state index in [2.05, 4.69) is 0 Å². The van der Waals surface area contributed by atoms with E-state index in [1.165, 1.54) is 0 Å². The number of hydrogen-bond acceptors (Lipinski definition) is 3. The molecule has 1 amide bonds. The van der Waals surface area contributed by atoms with Crippen LogP contribution in [0, 0.1) is 0 Å². The van der Waals surface area contributed by atoms with Crippen molar-refractivity contribution in [3.05, 3.63) is 29.8 Å². The van der Waals surface area contributed by atoms with Crippen molar-refractivity contribution in [2.45, 2.75) is 25.3 Å². The number of carbonyl (C=O) groups is 1. The molecule has 1 N–H and O–H groups in total. The number of rotatable bonds is 6. The van der Waals surface area contributed by atoms with Crippen molar-refractivity contribution >= 4 is 5.91 Å². The summed E-state index contributed by atoms with van der Waals surface area (Å²) in [5.74, 6) is 0.807. The largest absolute Gasteiger partial charge is 0.496 e. The predicted octanol–water partition coefficient (Wildman–Crippen LogP) is 1.22. The Morgan fingerprint density at radius 2 is 2.17 bits per heavy atom. The Kier molecular flexibility index (Phi) is 4.20. The number of carbonyl (C=O) groups excluding carboxylic acids is 1. The van der Waals surface area contributed by atoms with Crippen LogP contribution in [0.5, 0.6) is 5.75 Å². The van der Waals surface area contributed by atoms with Gasteiger partial charge in [-0.15, -0.1) is 0 Å². The van der Waals surface area contributed by atoms with E-state index in [4.69, 9.17) is 9.84 Å². The number of amides is 1. The van der Waals surface area contributed by atoms with Crippen molar-refractivity contribution in [1.82, 2.24) is 4.90 Å². The van der Waals surface area contributed by atoms with Crippen LogP contribution in [0.4, 0.5) is 0 Å². The monoisotopic (exact) mass is 249 g/mol. The van der Waals surface area contributed by atoms with Gasteiger partial charge in [0.15, 0.2) is 0 Å². The Balaban J connectivity index is 2.04. The molecular weight excluding hydrogens is 230 g/mol. The third kappa shape index (κ3) is 3.01. The van der Waals surface area contributed by atoms with Gasteiger partial charge in [-0.1, -0.05) is 18.2 Å². The summed E-state index contributed by atoms with van der Waals surface area (Å²) in [5.41, 5.74) is 0.897. The van der Waals surface area contributed by atoms with Crippen LogP contribution in [0.25, 0.3) is 0 Å². The minimum Gasteiger partial charge on any atom is -0.496 e. The average molecular weight is 249 g/mol. The van der Waals surface area contributed by atoms with Crippen LogP contribution >= 0.6 is 0 Å². The van der Waals surface area contributed by atoms with Crippen LogP contribution in [0.1, 0.15) is 18.4 Å². The number of methoxy groups -OCH3 is 1. The highest BCUT2D eigenvalue weighted by Crippen LogP contribution is 2.28. The molecule has 0 atom stereocenters. The molecule has 0 saturated heterocycles. The van der Waals surface area contributed by atoms with Gasteiger partial charge in [0.25, 0.3) is 0 Å². The maximum Gasteiger partial charge on any atom is 0.227 e. The van der Waals surface area contributed by atoms with E-state index in [-0.39, 0.29) is 12.5 Å². The molecule has 0 radical (unpaired) electrons. The maximum atomic E-state index is 12.2. The molecule has 4 heteroatoms. The first-order chi connectivity index (χ1) is 8.76. The zero-order valence-corrected chi connectivity index (χ0v) is 10.6. The summed E-state index contributed by atoms with van der Waals surface area (Å²) in [6.45, 7) is 0.451. The first kappa shape index (κ1) is 12.9. The van der Waals surface area contributed by atoms with E-state index in [0.29, 0.717) is 19.0 Å². The van der Waals surface area contributed by atoms with Crippen LogP contribution in [0.15, 0.2) is 24.3 Å². The topological polar surface area (TPSA) is 49.8 Å². The molecular formula is C14H19NO3. The summed E-state index contributed by atoms with van der Waals surface area (Å²) >= 11 is 0. The van der Waals surface area contributed by atoms with E-state index >= 15 is 0 Å². The van der Waals surface area contributed by atoms with Crippen LogP contribution < -0.4 is 4.74 Å². The van der Waals surface area contributed by atoms with Gasteiger partial charge in [-0.05, 0) is 18.9 Å². The molecule has 4 nitrogen and oxygen atoms in total. The fourth-order valence-electron chi connectivity index (χ4n) is 2.12. The molecule has 2 rings (SSSR count). The molecule has 0 bridgehead atoms. The van der Waals surface area contributed by atoms with Gasteiger partial charge in [0.05, 0.1) is 20.1 Å². The van der Waals surface area contributed by atoms with Gasteiger partial charge < -0.3 is 14.7 Å². The fraction of sp³-hybridized carbons (Fsp3) is 0.500. The molecule has 1 aliphatic rings. The van der Waals surface area contributed by atoms with E-state index in [1.54, 1.807) is 12.0 Å². The molecule has 0 aliphatic heterocycles. The average Bonchev–Trinajstić information content (AvgIpc) is 3.20. The summed E-state index contributed by atoms with van der Waals surface area (Å²) in [5, 5.41) is 9.01. The Hall–Kier alpha value is -1.55. The molecule has 98 valence electrons.